The van der Waals surface area contributed by atoms with Crippen molar-refractivity contribution in [1.82, 2.24) is 14.9 Å². The van der Waals surface area contributed by atoms with Gasteiger partial charge in [-0.15, -0.1) is 0 Å². The Morgan fingerprint density at radius 3 is 2.66 bits per heavy atom. The van der Waals surface area contributed by atoms with Crippen molar-refractivity contribution in [2.75, 3.05) is 20.3 Å². The highest BCUT2D eigenvalue weighted by Crippen LogP contribution is 2.14. The minimum absolute atomic E-state index is 0.0865. The van der Waals surface area contributed by atoms with E-state index >= 15 is 0 Å². The Bertz CT molecular complexity index is 1270. The maximum atomic E-state index is 13.0. The van der Waals surface area contributed by atoms with Gasteiger partial charge in [0.15, 0.2) is 4.77 Å². The molecule has 166 valence electrons. The Morgan fingerprint density at radius 2 is 1.97 bits per heavy atom. The number of methoxy groups -OCH3 is 1. The summed E-state index contributed by atoms with van der Waals surface area (Å²) in [6, 6.07) is 11.7. The van der Waals surface area contributed by atoms with Crippen LogP contribution in [-0.2, 0) is 16.0 Å². The molecule has 0 saturated carbocycles. The van der Waals surface area contributed by atoms with Crippen LogP contribution in [-0.4, -0.2) is 47.8 Å². The molecule has 1 aliphatic rings. The monoisotopic (exact) mass is 453 g/mol. The molecule has 1 amide bonds. The lowest BCUT2D eigenvalue weighted by Gasteiger charge is -2.12. The number of benzene rings is 2. The molecule has 2 N–H and O–H groups in total. The van der Waals surface area contributed by atoms with E-state index in [0.29, 0.717) is 28.6 Å². The third-order valence-electron chi connectivity index (χ3n) is 5.47. The molecule has 8 nitrogen and oxygen atoms in total. The van der Waals surface area contributed by atoms with Gasteiger partial charge in [-0.1, -0.05) is 12.1 Å². The largest absolute Gasteiger partial charge is 0.465 e. The fraction of sp³-hybridized carbons (Fsp3) is 0.304. The summed E-state index contributed by atoms with van der Waals surface area (Å²) in [7, 11) is 1.30. The Morgan fingerprint density at radius 1 is 1.22 bits per heavy atom. The van der Waals surface area contributed by atoms with Crippen LogP contribution in [0.4, 0.5) is 0 Å². The molecule has 9 heteroatoms. The SMILES string of the molecule is COC(=O)c1ccc2c(=O)n(Cc3ccc(C(=O)NC[C@@H]4CCCO4)cc3)c(=S)[nH]c2c1. The summed E-state index contributed by atoms with van der Waals surface area (Å²) >= 11 is 5.37. The van der Waals surface area contributed by atoms with Crippen LogP contribution in [0, 0.1) is 4.77 Å². The first-order chi connectivity index (χ1) is 15.5. The summed E-state index contributed by atoms with van der Waals surface area (Å²) in [5.74, 6) is -0.649. The highest BCUT2D eigenvalue weighted by atomic mass is 32.1. The third-order valence-corrected chi connectivity index (χ3v) is 5.80. The number of aromatic amines is 1. The molecule has 3 aromatic rings. The number of fused-ring (bicyclic) bond motifs is 1. The van der Waals surface area contributed by atoms with Crippen molar-refractivity contribution in [3.8, 4) is 0 Å². The molecule has 0 radical (unpaired) electrons. The molecule has 1 saturated heterocycles. The number of aromatic nitrogens is 2. The summed E-state index contributed by atoms with van der Waals surface area (Å²) in [5, 5.41) is 3.30. The molecular weight excluding hydrogens is 430 g/mol. The fourth-order valence-corrected chi connectivity index (χ4v) is 3.96. The molecule has 0 bridgehead atoms. The number of esters is 1. The van der Waals surface area contributed by atoms with Crippen LogP contribution in [0.5, 0.6) is 0 Å². The van der Waals surface area contributed by atoms with Gasteiger partial charge in [0.05, 0.1) is 36.2 Å². The van der Waals surface area contributed by atoms with E-state index in [-0.39, 0.29) is 28.9 Å². The van der Waals surface area contributed by atoms with E-state index in [2.05, 4.69) is 10.3 Å². The van der Waals surface area contributed by atoms with Crippen molar-refractivity contribution in [3.05, 3.63) is 74.3 Å². The van der Waals surface area contributed by atoms with Gasteiger partial charge in [-0.2, -0.15) is 0 Å². The Labute approximate surface area is 189 Å². The van der Waals surface area contributed by atoms with Gasteiger partial charge in [0.25, 0.3) is 11.5 Å². The van der Waals surface area contributed by atoms with Crippen molar-refractivity contribution in [2.45, 2.75) is 25.5 Å². The van der Waals surface area contributed by atoms with E-state index < -0.39 is 5.97 Å². The summed E-state index contributed by atoms with van der Waals surface area (Å²) in [5.41, 5.74) is 1.90. The van der Waals surface area contributed by atoms with Crippen molar-refractivity contribution in [1.29, 1.82) is 0 Å². The molecule has 0 spiro atoms. The van der Waals surface area contributed by atoms with E-state index in [4.69, 9.17) is 21.7 Å². The minimum Gasteiger partial charge on any atom is -0.465 e. The van der Waals surface area contributed by atoms with Crippen molar-refractivity contribution < 1.29 is 19.1 Å². The first-order valence-electron chi connectivity index (χ1n) is 10.3. The van der Waals surface area contributed by atoms with Crippen LogP contribution in [0.15, 0.2) is 47.3 Å². The molecule has 4 rings (SSSR count). The van der Waals surface area contributed by atoms with Gasteiger partial charge in [-0.3, -0.25) is 14.2 Å². The third kappa shape index (κ3) is 4.63. The second-order valence-corrected chi connectivity index (χ2v) is 8.00. The molecular formula is C23H23N3O5S. The number of amides is 1. The zero-order chi connectivity index (χ0) is 22.7. The number of rotatable bonds is 6. The first-order valence-corrected chi connectivity index (χ1v) is 10.7. The van der Waals surface area contributed by atoms with Crippen LogP contribution in [0.1, 0.15) is 39.1 Å². The van der Waals surface area contributed by atoms with Gasteiger partial charge in [0.1, 0.15) is 0 Å². The van der Waals surface area contributed by atoms with Crippen molar-refractivity contribution in [3.63, 3.8) is 0 Å². The first kappa shape index (κ1) is 21.9. The normalized spacial score (nSPS) is 15.6. The number of carbonyl (C=O) groups excluding carboxylic acids is 2. The molecule has 32 heavy (non-hydrogen) atoms. The topological polar surface area (TPSA) is 102 Å². The van der Waals surface area contributed by atoms with Gasteiger partial charge in [-0.25, -0.2) is 4.79 Å². The Balaban J connectivity index is 1.51. The summed E-state index contributed by atoms with van der Waals surface area (Å²) in [4.78, 5) is 40.1. The van der Waals surface area contributed by atoms with Gasteiger partial charge in [-0.05, 0) is 61.0 Å². The van der Waals surface area contributed by atoms with Crippen LogP contribution >= 0.6 is 12.2 Å². The van der Waals surface area contributed by atoms with E-state index in [1.807, 2.05) is 0 Å². The molecule has 1 aromatic heterocycles. The highest BCUT2D eigenvalue weighted by Gasteiger charge is 2.17. The number of hydrogen-bond acceptors (Lipinski definition) is 6. The van der Waals surface area contributed by atoms with Crippen LogP contribution in [0.2, 0.25) is 0 Å². The van der Waals surface area contributed by atoms with Gasteiger partial charge < -0.3 is 19.8 Å². The molecule has 2 aromatic carbocycles. The van der Waals surface area contributed by atoms with E-state index in [0.717, 1.165) is 25.0 Å². The second kappa shape index (κ2) is 9.46. The lowest BCUT2D eigenvalue weighted by molar-refractivity contribution is 0.0600. The smallest absolute Gasteiger partial charge is 0.337 e. The van der Waals surface area contributed by atoms with Gasteiger partial charge >= 0.3 is 5.97 Å². The van der Waals surface area contributed by atoms with E-state index in [9.17, 15) is 14.4 Å². The number of hydrogen-bond donors (Lipinski definition) is 2. The second-order valence-electron chi connectivity index (χ2n) is 7.62. The predicted molar refractivity (Wildman–Crippen MR) is 122 cm³/mol. The lowest BCUT2D eigenvalue weighted by atomic mass is 10.1. The van der Waals surface area contributed by atoms with Crippen LogP contribution in [0.25, 0.3) is 10.9 Å². The standard InChI is InChI=1S/C23H23N3O5S/c1-30-22(29)16-8-9-18-19(11-16)25-23(32)26(21(18)28)13-14-4-6-15(7-5-14)20(27)24-12-17-3-2-10-31-17/h4-9,11,17H,2-3,10,12-13H2,1H3,(H,24,27)(H,25,32)/t17-/m0/s1. The number of H-pyrrole nitrogens is 1. The molecule has 0 unspecified atom stereocenters. The van der Waals surface area contributed by atoms with E-state index in [1.54, 1.807) is 42.5 Å². The summed E-state index contributed by atoms with van der Waals surface area (Å²) < 4.78 is 11.9. The quantitative estimate of drug-likeness (QED) is 0.440. The highest BCUT2D eigenvalue weighted by molar-refractivity contribution is 7.71. The summed E-state index contributed by atoms with van der Waals surface area (Å²) in [6.45, 7) is 1.50. The maximum absolute atomic E-state index is 13.0. The van der Waals surface area contributed by atoms with Crippen LogP contribution in [0.3, 0.4) is 0 Å². The van der Waals surface area contributed by atoms with Crippen LogP contribution < -0.4 is 10.9 Å². The summed E-state index contributed by atoms with van der Waals surface area (Å²) in [6.07, 6.45) is 2.07. The van der Waals surface area contributed by atoms with Crippen molar-refractivity contribution in [2.24, 2.45) is 0 Å². The zero-order valence-corrected chi connectivity index (χ0v) is 18.4. The zero-order valence-electron chi connectivity index (χ0n) is 17.6. The van der Waals surface area contributed by atoms with E-state index in [1.165, 1.54) is 11.7 Å². The molecule has 0 aliphatic carbocycles. The Kier molecular flexibility index (Phi) is 6.48. The number of carbonyl (C=O) groups is 2. The Hall–Kier alpha value is -3.30. The maximum Gasteiger partial charge on any atom is 0.337 e. The predicted octanol–water partition coefficient (Wildman–Crippen LogP) is 2.80. The minimum atomic E-state index is -0.490. The average molecular weight is 454 g/mol. The molecule has 1 fully saturated rings. The van der Waals surface area contributed by atoms with Gasteiger partial charge in [0.2, 0.25) is 0 Å². The van der Waals surface area contributed by atoms with Gasteiger partial charge in [0, 0.05) is 18.7 Å². The number of nitrogens with one attached hydrogen (secondary N) is 2. The molecule has 1 aliphatic heterocycles. The number of ether oxygens (including phenoxy) is 2. The molecule has 2 heterocycles. The van der Waals surface area contributed by atoms with Crippen molar-refractivity contribution >= 4 is 35.0 Å². The molecule has 1 atom stereocenters. The average Bonchev–Trinajstić information content (AvgIpc) is 3.33. The lowest BCUT2D eigenvalue weighted by Crippen LogP contribution is -2.31. The number of nitrogens with zero attached hydrogens (tertiary/aromatic N) is 1. The fourth-order valence-electron chi connectivity index (χ4n) is 3.70.